The molecule has 1 aromatic carbocycles. The Balaban J connectivity index is 2.46. The second kappa shape index (κ2) is 8.42. The molecule has 0 spiro atoms. The van der Waals surface area contributed by atoms with E-state index < -0.39 is 12.0 Å². The third kappa shape index (κ3) is 5.95. The van der Waals surface area contributed by atoms with E-state index in [0.29, 0.717) is 24.3 Å². The zero-order chi connectivity index (χ0) is 15.8. The average Bonchev–Trinajstić information content (AvgIpc) is 2.45. The first-order chi connectivity index (χ1) is 9.93. The number of hydrogen-bond donors (Lipinski definition) is 2. The lowest BCUT2D eigenvalue weighted by Crippen LogP contribution is -2.38. The van der Waals surface area contributed by atoms with Gasteiger partial charge in [-0.25, -0.2) is 0 Å². The highest BCUT2D eigenvalue weighted by atomic mass is 16.5. The lowest BCUT2D eigenvalue weighted by Gasteiger charge is -2.16. The Bertz CT molecular complexity index is 468. The molecule has 1 rings (SSSR count). The molecule has 0 aliphatic carbocycles. The van der Waals surface area contributed by atoms with Gasteiger partial charge in [-0.05, 0) is 36.6 Å². The van der Waals surface area contributed by atoms with E-state index in [9.17, 15) is 9.59 Å². The van der Waals surface area contributed by atoms with Crippen LogP contribution in [0.15, 0.2) is 24.3 Å². The fraction of sp³-hybridized carbons (Fsp3) is 0.500. The summed E-state index contributed by atoms with van der Waals surface area (Å²) in [5, 5.41) is 12.0. The third-order valence-electron chi connectivity index (χ3n) is 3.16. The zero-order valence-electron chi connectivity index (χ0n) is 12.8. The molecule has 2 N–H and O–H groups in total. The molecule has 0 unspecified atom stereocenters. The highest BCUT2D eigenvalue weighted by Crippen LogP contribution is 2.12. The van der Waals surface area contributed by atoms with E-state index >= 15 is 0 Å². The second-order valence-corrected chi connectivity index (χ2v) is 5.38. The number of ether oxygens (including phenoxy) is 1. The summed E-state index contributed by atoms with van der Waals surface area (Å²) in [5.74, 6) is 0.0999. The predicted octanol–water partition coefficient (Wildman–Crippen LogP) is 2.36. The standard InChI is InChI=1S/C16H23NO4/c1-11(2)10-14(16(19)20)17-9-8-15(18)12-4-6-13(21-3)7-5-12/h4-7,11,14,17H,8-10H2,1-3H3,(H,19,20)/t14-/m0/s1. The third-order valence-corrected chi connectivity index (χ3v) is 3.16. The highest BCUT2D eigenvalue weighted by Gasteiger charge is 2.18. The van der Waals surface area contributed by atoms with Gasteiger partial charge in [0.1, 0.15) is 11.8 Å². The van der Waals surface area contributed by atoms with E-state index in [0.717, 1.165) is 0 Å². The number of nitrogens with one attached hydrogen (secondary N) is 1. The molecule has 21 heavy (non-hydrogen) atoms. The van der Waals surface area contributed by atoms with E-state index in [1.54, 1.807) is 31.4 Å². The molecule has 1 aromatic rings. The van der Waals surface area contributed by atoms with Crippen LogP contribution in [-0.4, -0.2) is 36.6 Å². The van der Waals surface area contributed by atoms with Gasteiger partial charge in [-0.1, -0.05) is 13.8 Å². The molecule has 0 radical (unpaired) electrons. The minimum Gasteiger partial charge on any atom is -0.497 e. The van der Waals surface area contributed by atoms with Gasteiger partial charge in [0.15, 0.2) is 5.78 Å². The van der Waals surface area contributed by atoms with Crippen molar-refractivity contribution in [3.8, 4) is 5.75 Å². The van der Waals surface area contributed by atoms with E-state index in [2.05, 4.69) is 5.32 Å². The van der Waals surface area contributed by atoms with Crippen LogP contribution in [0.25, 0.3) is 0 Å². The lowest BCUT2D eigenvalue weighted by atomic mass is 10.0. The van der Waals surface area contributed by atoms with E-state index in [1.807, 2.05) is 13.8 Å². The fourth-order valence-corrected chi connectivity index (χ4v) is 2.02. The van der Waals surface area contributed by atoms with Crippen molar-refractivity contribution in [2.45, 2.75) is 32.7 Å². The molecular weight excluding hydrogens is 270 g/mol. The monoisotopic (exact) mass is 293 g/mol. The van der Waals surface area contributed by atoms with Crippen molar-refractivity contribution in [2.75, 3.05) is 13.7 Å². The molecule has 1 atom stereocenters. The van der Waals surface area contributed by atoms with E-state index in [-0.39, 0.29) is 18.1 Å². The molecule has 0 saturated carbocycles. The summed E-state index contributed by atoms with van der Waals surface area (Å²) < 4.78 is 5.04. The van der Waals surface area contributed by atoms with Crippen LogP contribution < -0.4 is 10.1 Å². The first-order valence-corrected chi connectivity index (χ1v) is 7.07. The number of rotatable bonds is 9. The van der Waals surface area contributed by atoms with Crippen molar-refractivity contribution in [3.05, 3.63) is 29.8 Å². The molecule has 0 aliphatic heterocycles. The molecule has 0 heterocycles. The number of ketones is 1. The van der Waals surface area contributed by atoms with Crippen molar-refractivity contribution >= 4 is 11.8 Å². The summed E-state index contributed by atoms with van der Waals surface area (Å²) >= 11 is 0. The van der Waals surface area contributed by atoms with Crippen LogP contribution in [0.1, 0.15) is 37.0 Å². The molecule has 0 aliphatic rings. The molecule has 0 saturated heterocycles. The maximum Gasteiger partial charge on any atom is 0.320 e. The molecule has 0 bridgehead atoms. The number of benzene rings is 1. The smallest absolute Gasteiger partial charge is 0.320 e. The Morgan fingerprint density at radius 1 is 1.24 bits per heavy atom. The maximum absolute atomic E-state index is 12.0. The van der Waals surface area contributed by atoms with Crippen LogP contribution in [0.4, 0.5) is 0 Å². The van der Waals surface area contributed by atoms with Crippen LogP contribution in [0.5, 0.6) is 5.75 Å². The highest BCUT2D eigenvalue weighted by molar-refractivity contribution is 5.96. The summed E-state index contributed by atoms with van der Waals surface area (Å²) in [6.07, 6.45) is 0.820. The quantitative estimate of drug-likeness (QED) is 0.684. The van der Waals surface area contributed by atoms with Crippen LogP contribution in [0.3, 0.4) is 0 Å². The molecule has 0 amide bonds. The van der Waals surface area contributed by atoms with Gasteiger partial charge in [-0.15, -0.1) is 0 Å². The van der Waals surface area contributed by atoms with Gasteiger partial charge < -0.3 is 15.2 Å². The van der Waals surface area contributed by atoms with Crippen LogP contribution in [0.2, 0.25) is 0 Å². The Morgan fingerprint density at radius 2 is 1.86 bits per heavy atom. The molecular formula is C16H23NO4. The number of carbonyl (C=O) groups is 2. The summed E-state index contributed by atoms with van der Waals surface area (Å²) in [4.78, 5) is 23.1. The molecule has 0 aromatic heterocycles. The Morgan fingerprint density at radius 3 is 2.33 bits per heavy atom. The maximum atomic E-state index is 12.0. The van der Waals surface area contributed by atoms with Gasteiger partial charge in [0.25, 0.3) is 0 Å². The molecule has 116 valence electrons. The summed E-state index contributed by atoms with van der Waals surface area (Å²) in [6.45, 7) is 4.30. The van der Waals surface area contributed by atoms with Gasteiger partial charge in [0, 0.05) is 18.5 Å². The van der Waals surface area contributed by atoms with Gasteiger partial charge >= 0.3 is 5.97 Å². The SMILES string of the molecule is COc1ccc(C(=O)CCN[C@@H](CC(C)C)C(=O)O)cc1. The fourth-order valence-electron chi connectivity index (χ4n) is 2.02. The minimum atomic E-state index is -0.874. The van der Waals surface area contributed by atoms with Gasteiger partial charge in [-0.3, -0.25) is 9.59 Å². The largest absolute Gasteiger partial charge is 0.497 e. The van der Waals surface area contributed by atoms with Crippen LogP contribution in [-0.2, 0) is 4.79 Å². The number of carboxylic acids is 1. The number of Topliss-reactive ketones (excluding diaryl/α,β-unsaturated/α-hetero) is 1. The Kier molecular flexibility index (Phi) is 6.88. The number of aliphatic carboxylic acids is 1. The first kappa shape index (κ1) is 17.2. The Labute approximate surface area is 125 Å². The second-order valence-electron chi connectivity index (χ2n) is 5.38. The van der Waals surface area contributed by atoms with Crippen molar-refractivity contribution in [2.24, 2.45) is 5.92 Å². The summed E-state index contributed by atoms with van der Waals surface area (Å²) in [7, 11) is 1.57. The predicted molar refractivity (Wildman–Crippen MR) is 80.8 cm³/mol. The summed E-state index contributed by atoms with van der Waals surface area (Å²) in [5.41, 5.74) is 0.605. The molecule has 5 heteroatoms. The topological polar surface area (TPSA) is 75.6 Å². The van der Waals surface area contributed by atoms with E-state index in [1.165, 1.54) is 0 Å². The van der Waals surface area contributed by atoms with Gasteiger partial charge in [0.05, 0.1) is 7.11 Å². The van der Waals surface area contributed by atoms with Gasteiger partial charge in [-0.2, -0.15) is 0 Å². The van der Waals surface area contributed by atoms with Crippen LogP contribution in [0, 0.1) is 5.92 Å². The Hall–Kier alpha value is -1.88. The average molecular weight is 293 g/mol. The van der Waals surface area contributed by atoms with Gasteiger partial charge in [0.2, 0.25) is 0 Å². The zero-order valence-corrected chi connectivity index (χ0v) is 12.8. The number of carbonyl (C=O) groups excluding carboxylic acids is 1. The molecule has 5 nitrogen and oxygen atoms in total. The summed E-state index contributed by atoms with van der Waals surface area (Å²) in [6, 6.07) is 6.29. The number of carboxylic acid groups (broad SMARTS) is 1. The van der Waals surface area contributed by atoms with Crippen molar-refractivity contribution < 1.29 is 19.4 Å². The van der Waals surface area contributed by atoms with E-state index in [4.69, 9.17) is 9.84 Å². The molecule has 0 fully saturated rings. The lowest BCUT2D eigenvalue weighted by molar-refractivity contribution is -0.139. The first-order valence-electron chi connectivity index (χ1n) is 7.07. The van der Waals surface area contributed by atoms with Crippen molar-refractivity contribution in [3.63, 3.8) is 0 Å². The van der Waals surface area contributed by atoms with Crippen LogP contribution >= 0.6 is 0 Å². The minimum absolute atomic E-state index is 0.0150. The normalized spacial score (nSPS) is 12.2. The number of methoxy groups -OCH3 is 1. The van der Waals surface area contributed by atoms with Crippen molar-refractivity contribution in [1.82, 2.24) is 5.32 Å². The van der Waals surface area contributed by atoms with Crippen molar-refractivity contribution in [1.29, 1.82) is 0 Å². The number of hydrogen-bond acceptors (Lipinski definition) is 4.